The van der Waals surface area contributed by atoms with Gasteiger partial charge in [-0.05, 0) is 42.8 Å². The van der Waals surface area contributed by atoms with Gasteiger partial charge in [-0.15, -0.1) is 10.2 Å². The van der Waals surface area contributed by atoms with Crippen molar-refractivity contribution in [3.63, 3.8) is 0 Å². The zero-order valence-corrected chi connectivity index (χ0v) is 17.2. The molecule has 0 aliphatic carbocycles. The monoisotopic (exact) mass is 416 g/mol. The van der Waals surface area contributed by atoms with Gasteiger partial charge >= 0.3 is 0 Å². The summed E-state index contributed by atoms with van der Waals surface area (Å²) in [5.41, 5.74) is 3.74. The van der Waals surface area contributed by atoms with Crippen molar-refractivity contribution in [3.05, 3.63) is 84.4 Å². The number of benzene rings is 1. The molecule has 0 bridgehead atoms. The fourth-order valence-electron chi connectivity index (χ4n) is 2.95. The van der Waals surface area contributed by atoms with E-state index in [1.54, 1.807) is 18.6 Å². The van der Waals surface area contributed by atoms with Gasteiger partial charge in [-0.25, -0.2) is 0 Å². The van der Waals surface area contributed by atoms with Crippen LogP contribution in [0, 0.1) is 6.92 Å². The molecule has 1 aromatic carbocycles. The van der Waals surface area contributed by atoms with Gasteiger partial charge in [0.15, 0.2) is 11.0 Å². The second kappa shape index (κ2) is 9.32. The summed E-state index contributed by atoms with van der Waals surface area (Å²) in [5, 5.41) is 12.3. The number of hydrogen-bond acceptors (Lipinski definition) is 6. The Labute approximate surface area is 178 Å². The maximum Gasteiger partial charge on any atom is 0.230 e. The first-order valence-corrected chi connectivity index (χ1v) is 10.4. The number of pyridine rings is 2. The molecule has 0 spiro atoms. The molecule has 0 radical (unpaired) electrons. The van der Waals surface area contributed by atoms with E-state index in [0.29, 0.717) is 17.5 Å². The van der Waals surface area contributed by atoms with Gasteiger partial charge < -0.3 is 5.32 Å². The lowest BCUT2D eigenvalue weighted by Crippen LogP contribution is -2.25. The van der Waals surface area contributed by atoms with E-state index in [2.05, 4.69) is 25.5 Å². The SMILES string of the molecule is Cc1ccccc1-n1c(SCC(=O)NCc2ccccn2)nnc1-c1cccnc1. The second-order valence-electron chi connectivity index (χ2n) is 6.56. The van der Waals surface area contributed by atoms with E-state index in [1.807, 2.05) is 66.1 Å². The van der Waals surface area contributed by atoms with Crippen LogP contribution < -0.4 is 5.32 Å². The largest absolute Gasteiger partial charge is 0.350 e. The predicted octanol–water partition coefficient (Wildman–Crippen LogP) is 3.44. The first-order valence-electron chi connectivity index (χ1n) is 9.43. The van der Waals surface area contributed by atoms with Crippen molar-refractivity contribution in [3.8, 4) is 17.1 Å². The molecule has 0 aliphatic rings. The Morgan fingerprint density at radius 2 is 1.90 bits per heavy atom. The molecule has 150 valence electrons. The van der Waals surface area contributed by atoms with Crippen LogP contribution in [0.15, 0.2) is 78.3 Å². The average molecular weight is 417 g/mol. The van der Waals surface area contributed by atoms with Gasteiger partial charge in [-0.3, -0.25) is 19.3 Å². The summed E-state index contributed by atoms with van der Waals surface area (Å²) in [5.74, 6) is 0.825. The molecule has 3 heterocycles. The lowest BCUT2D eigenvalue weighted by molar-refractivity contribution is -0.118. The van der Waals surface area contributed by atoms with Crippen molar-refractivity contribution < 1.29 is 4.79 Å². The molecule has 30 heavy (non-hydrogen) atoms. The number of nitrogens with zero attached hydrogens (tertiary/aromatic N) is 5. The van der Waals surface area contributed by atoms with Gasteiger partial charge in [-0.1, -0.05) is 36.0 Å². The lowest BCUT2D eigenvalue weighted by atomic mass is 10.2. The third-order valence-corrected chi connectivity index (χ3v) is 5.36. The highest BCUT2D eigenvalue weighted by molar-refractivity contribution is 7.99. The molecule has 0 atom stereocenters. The smallest absolute Gasteiger partial charge is 0.230 e. The molecule has 1 N–H and O–H groups in total. The topological polar surface area (TPSA) is 85.6 Å². The van der Waals surface area contributed by atoms with Crippen LogP contribution in [-0.4, -0.2) is 36.4 Å². The predicted molar refractivity (Wildman–Crippen MR) is 116 cm³/mol. The first kappa shape index (κ1) is 19.8. The molecule has 7 nitrogen and oxygen atoms in total. The van der Waals surface area contributed by atoms with E-state index >= 15 is 0 Å². The molecular formula is C22H20N6OS. The second-order valence-corrected chi connectivity index (χ2v) is 7.50. The van der Waals surface area contributed by atoms with Crippen LogP contribution in [-0.2, 0) is 11.3 Å². The van der Waals surface area contributed by atoms with Crippen molar-refractivity contribution in [1.82, 2.24) is 30.0 Å². The van der Waals surface area contributed by atoms with Crippen molar-refractivity contribution in [2.24, 2.45) is 0 Å². The average Bonchev–Trinajstić information content (AvgIpc) is 3.21. The summed E-state index contributed by atoms with van der Waals surface area (Å²) in [7, 11) is 0. The fraction of sp³-hybridized carbons (Fsp3) is 0.136. The van der Waals surface area contributed by atoms with Gasteiger partial charge in [0.2, 0.25) is 5.91 Å². The van der Waals surface area contributed by atoms with Crippen molar-refractivity contribution in [2.45, 2.75) is 18.6 Å². The molecule has 0 fully saturated rings. The molecule has 4 aromatic rings. The summed E-state index contributed by atoms with van der Waals surface area (Å²) >= 11 is 1.35. The number of para-hydroxylation sites is 1. The molecule has 4 rings (SSSR count). The van der Waals surface area contributed by atoms with E-state index in [0.717, 1.165) is 22.5 Å². The maximum absolute atomic E-state index is 12.4. The maximum atomic E-state index is 12.4. The van der Waals surface area contributed by atoms with Crippen molar-refractivity contribution in [1.29, 1.82) is 0 Å². The van der Waals surface area contributed by atoms with Crippen molar-refractivity contribution >= 4 is 17.7 Å². The standard InChI is InChI=1S/C22H20N6OS/c1-16-7-2-3-10-19(16)28-21(17-8-6-11-23-13-17)26-27-22(28)30-15-20(29)25-14-18-9-4-5-12-24-18/h2-13H,14-15H2,1H3,(H,25,29). The zero-order valence-electron chi connectivity index (χ0n) is 16.4. The third kappa shape index (κ3) is 4.55. The number of thioether (sulfide) groups is 1. The summed E-state index contributed by atoms with van der Waals surface area (Å²) in [6.07, 6.45) is 5.19. The van der Waals surface area contributed by atoms with Crippen LogP contribution in [0.2, 0.25) is 0 Å². The Hall–Kier alpha value is -3.52. The molecular weight excluding hydrogens is 396 g/mol. The number of hydrogen-bond donors (Lipinski definition) is 1. The third-order valence-electron chi connectivity index (χ3n) is 4.43. The van der Waals surface area contributed by atoms with Crippen LogP contribution >= 0.6 is 11.8 Å². The highest BCUT2D eigenvalue weighted by Gasteiger charge is 2.18. The molecule has 0 saturated carbocycles. The van der Waals surface area contributed by atoms with Crippen LogP contribution in [0.1, 0.15) is 11.3 Å². The Morgan fingerprint density at radius 1 is 1.03 bits per heavy atom. The van der Waals surface area contributed by atoms with E-state index in [9.17, 15) is 4.79 Å². The molecule has 0 saturated heterocycles. The summed E-state index contributed by atoms with van der Waals surface area (Å²) in [4.78, 5) is 20.8. The van der Waals surface area contributed by atoms with Gasteiger partial charge in [0.25, 0.3) is 0 Å². The minimum absolute atomic E-state index is 0.0899. The van der Waals surface area contributed by atoms with E-state index < -0.39 is 0 Å². The van der Waals surface area contributed by atoms with Gasteiger partial charge in [0.1, 0.15) is 0 Å². The van der Waals surface area contributed by atoms with Gasteiger partial charge in [0.05, 0.1) is 23.7 Å². The van der Waals surface area contributed by atoms with Gasteiger partial charge in [0, 0.05) is 24.2 Å². The van der Waals surface area contributed by atoms with Crippen LogP contribution in [0.5, 0.6) is 0 Å². The van der Waals surface area contributed by atoms with E-state index in [-0.39, 0.29) is 11.7 Å². The number of aromatic nitrogens is 5. The number of nitrogens with one attached hydrogen (secondary N) is 1. The highest BCUT2D eigenvalue weighted by Crippen LogP contribution is 2.29. The molecule has 1 amide bonds. The quantitative estimate of drug-likeness (QED) is 0.465. The number of carbonyl (C=O) groups excluding carboxylic acids is 1. The molecule has 8 heteroatoms. The highest BCUT2D eigenvalue weighted by atomic mass is 32.2. The van der Waals surface area contributed by atoms with E-state index in [4.69, 9.17) is 0 Å². The normalized spacial score (nSPS) is 10.7. The van der Waals surface area contributed by atoms with Crippen LogP contribution in [0.4, 0.5) is 0 Å². The van der Waals surface area contributed by atoms with E-state index in [1.165, 1.54) is 11.8 Å². The fourth-order valence-corrected chi connectivity index (χ4v) is 3.72. The minimum Gasteiger partial charge on any atom is -0.350 e. The number of rotatable bonds is 7. The van der Waals surface area contributed by atoms with Crippen LogP contribution in [0.25, 0.3) is 17.1 Å². The number of aryl methyl sites for hydroxylation is 1. The Morgan fingerprint density at radius 3 is 2.67 bits per heavy atom. The summed E-state index contributed by atoms with van der Waals surface area (Å²) < 4.78 is 1.98. The molecule has 0 unspecified atom stereocenters. The number of carbonyl (C=O) groups is 1. The summed E-state index contributed by atoms with van der Waals surface area (Å²) in [6, 6.07) is 17.5. The molecule has 0 aliphatic heterocycles. The summed E-state index contributed by atoms with van der Waals surface area (Å²) in [6.45, 7) is 2.43. The zero-order chi connectivity index (χ0) is 20.8. The first-order chi connectivity index (χ1) is 14.7. The Kier molecular flexibility index (Phi) is 6.14. The van der Waals surface area contributed by atoms with Gasteiger partial charge in [-0.2, -0.15) is 0 Å². The molecule has 3 aromatic heterocycles. The van der Waals surface area contributed by atoms with Crippen molar-refractivity contribution in [2.75, 3.05) is 5.75 Å². The Balaban J connectivity index is 1.55. The Bertz CT molecular complexity index is 1130. The lowest BCUT2D eigenvalue weighted by Gasteiger charge is -2.12. The number of amides is 1. The minimum atomic E-state index is -0.0899. The van der Waals surface area contributed by atoms with Crippen LogP contribution in [0.3, 0.4) is 0 Å².